The van der Waals surface area contributed by atoms with Gasteiger partial charge in [0.1, 0.15) is 12.2 Å². The van der Waals surface area contributed by atoms with Crippen LogP contribution in [0.5, 0.6) is 0 Å². The monoisotopic (exact) mass is 170 g/mol. The van der Waals surface area contributed by atoms with Crippen molar-refractivity contribution in [3.05, 3.63) is 0 Å². The molecule has 1 heterocycles. The minimum atomic E-state index is -0.837. The second-order valence-electron chi connectivity index (χ2n) is 2.88. The number of hydrogen-bond acceptors (Lipinski definition) is 3. The molecule has 0 aromatic rings. The van der Waals surface area contributed by atoms with Gasteiger partial charge in [0, 0.05) is 20.0 Å². The Morgan fingerprint density at radius 2 is 2.17 bits per heavy atom. The molecule has 0 unspecified atom stereocenters. The Labute approximate surface area is 72.7 Å². The Hall–Kier alpha value is -0.560. The van der Waals surface area contributed by atoms with Gasteiger partial charge in [0.15, 0.2) is 0 Å². The first-order valence-corrected chi connectivity index (χ1v) is 4.06. The van der Waals surface area contributed by atoms with E-state index in [0.29, 0.717) is 32.7 Å². The van der Waals surface area contributed by atoms with Crippen molar-refractivity contribution in [2.45, 2.75) is 18.4 Å². The predicted octanol–water partition coefficient (Wildman–Crippen LogP) is 0.178. The van der Waals surface area contributed by atoms with E-state index in [9.17, 15) is 5.11 Å². The van der Waals surface area contributed by atoms with E-state index in [0.717, 1.165) is 0 Å². The van der Waals surface area contributed by atoms with E-state index in [1.54, 1.807) is 7.11 Å². The Morgan fingerprint density at radius 3 is 2.75 bits per heavy atom. The van der Waals surface area contributed by atoms with Gasteiger partial charge >= 0.3 is 0 Å². The molecular formula is C9H14O3. The van der Waals surface area contributed by atoms with Crippen molar-refractivity contribution in [2.24, 2.45) is 0 Å². The summed E-state index contributed by atoms with van der Waals surface area (Å²) >= 11 is 0. The van der Waals surface area contributed by atoms with Crippen LogP contribution in [-0.2, 0) is 9.47 Å². The lowest BCUT2D eigenvalue weighted by Crippen LogP contribution is -2.34. The van der Waals surface area contributed by atoms with Gasteiger partial charge in [-0.1, -0.05) is 11.8 Å². The van der Waals surface area contributed by atoms with Gasteiger partial charge in [-0.15, -0.1) is 0 Å². The molecule has 0 aliphatic carbocycles. The summed E-state index contributed by atoms with van der Waals surface area (Å²) in [4.78, 5) is 0. The summed E-state index contributed by atoms with van der Waals surface area (Å²) < 4.78 is 9.87. The molecule has 0 amide bonds. The third kappa shape index (κ3) is 2.82. The van der Waals surface area contributed by atoms with Crippen molar-refractivity contribution in [1.82, 2.24) is 0 Å². The van der Waals surface area contributed by atoms with Gasteiger partial charge in [0.05, 0.1) is 13.2 Å². The van der Waals surface area contributed by atoms with Crippen LogP contribution in [0.2, 0.25) is 0 Å². The predicted molar refractivity (Wildman–Crippen MR) is 44.7 cm³/mol. The van der Waals surface area contributed by atoms with Crippen molar-refractivity contribution in [1.29, 1.82) is 0 Å². The minimum absolute atomic E-state index is 0.378. The van der Waals surface area contributed by atoms with Gasteiger partial charge in [-0.3, -0.25) is 0 Å². The zero-order chi connectivity index (χ0) is 8.86. The maximum absolute atomic E-state index is 9.79. The molecule has 1 fully saturated rings. The largest absolute Gasteiger partial charge is 0.381 e. The average molecular weight is 170 g/mol. The van der Waals surface area contributed by atoms with Crippen molar-refractivity contribution in [2.75, 3.05) is 26.9 Å². The lowest BCUT2D eigenvalue weighted by atomic mass is 9.95. The highest BCUT2D eigenvalue weighted by atomic mass is 16.5. The highest BCUT2D eigenvalue weighted by molar-refractivity contribution is 5.14. The average Bonchev–Trinajstić information content (AvgIpc) is 2.06. The normalized spacial score (nSPS) is 21.2. The Kier molecular flexibility index (Phi) is 3.54. The Bertz CT molecular complexity index is 184. The van der Waals surface area contributed by atoms with Gasteiger partial charge in [0.25, 0.3) is 0 Å². The Balaban J connectivity index is 2.42. The lowest BCUT2D eigenvalue weighted by Gasteiger charge is -2.26. The van der Waals surface area contributed by atoms with E-state index in [4.69, 9.17) is 9.47 Å². The fourth-order valence-corrected chi connectivity index (χ4v) is 1.11. The molecule has 0 saturated carbocycles. The summed E-state index contributed by atoms with van der Waals surface area (Å²) in [6.07, 6.45) is 1.20. The molecule has 12 heavy (non-hydrogen) atoms. The maximum Gasteiger partial charge on any atom is 0.129 e. The highest BCUT2D eigenvalue weighted by Gasteiger charge is 2.26. The topological polar surface area (TPSA) is 38.7 Å². The molecule has 68 valence electrons. The molecule has 0 aromatic heterocycles. The van der Waals surface area contributed by atoms with Crippen LogP contribution in [0, 0.1) is 11.8 Å². The van der Waals surface area contributed by atoms with Crippen LogP contribution in [-0.4, -0.2) is 37.6 Å². The number of rotatable bonds is 1. The van der Waals surface area contributed by atoms with Gasteiger partial charge in [0.2, 0.25) is 0 Å². The van der Waals surface area contributed by atoms with E-state index in [-0.39, 0.29) is 0 Å². The van der Waals surface area contributed by atoms with Crippen LogP contribution in [0.25, 0.3) is 0 Å². The molecule has 1 N–H and O–H groups in total. The standard InChI is InChI=1S/C9H14O3/c1-11-6-2-3-9(10)4-7-12-8-5-9/h10H,4-8H2,1H3. The van der Waals surface area contributed by atoms with Crippen molar-refractivity contribution < 1.29 is 14.6 Å². The van der Waals surface area contributed by atoms with Crippen LogP contribution in [0.3, 0.4) is 0 Å². The van der Waals surface area contributed by atoms with Crippen molar-refractivity contribution in [3.8, 4) is 11.8 Å². The minimum Gasteiger partial charge on any atom is -0.381 e. The molecule has 0 aromatic carbocycles. The van der Waals surface area contributed by atoms with Crippen molar-refractivity contribution in [3.63, 3.8) is 0 Å². The van der Waals surface area contributed by atoms with E-state index in [1.165, 1.54) is 0 Å². The van der Waals surface area contributed by atoms with E-state index in [1.807, 2.05) is 0 Å². The first kappa shape index (κ1) is 9.53. The molecule has 1 saturated heterocycles. The van der Waals surface area contributed by atoms with Gasteiger partial charge in [-0.25, -0.2) is 0 Å². The van der Waals surface area contributed by atoms with Gasteiger partial charge < -0.3 is 14.6 Å². The van der Waals surface area contributed by atoms with E-state index in [2.05, 4.69) is 11.8 Å². The Morgan fingerprint density at radius 1 is 1.50 bits per heavy atom. The zero-order valence-corrected chi connectivity index (χ0v) is 7.30. The first-order valence-electron chi connectivity index (χ1n) is 4.06. The molecule has 0 radical (unpaired) electrons. The number of hydrogen-bond donors (Lipinski definition) is 1. The van der Waals surface area contributed by atoms with Crippen LogP contribution >= 0.6 is 0 Å². The summed E-state index contributed by atoms with van der Waals surface area (Å²) in [5, 5.41) is 9.79. The van der Waals surface area contributed by atoms with Gasteiger partial charge in [-0.05, 0) is 0 Å². The van der Waals surface area contributed by atoms with Gasteiger partial charge in [-0.2, -0.15) is 0 Å². The molecule has 0 spiro atoms. The molecule has 1 aliphatic heterocycles. The molecule has 0 atom stereocenters. The van der Waals surface area contributed by atoms with Crippen LogP contribution in [0.15, 0.2) is 0 Å². The molecule has 3 nitrogen and oxygen atoms in total. The summed E-state index contributed by atoms with van der Waals surface area (Å²) in [5.41, 5.74) is -0.837. The SMILES string of the molecule is COCC#CC1(O)CCOCC1. The van der Waals surface area contributed by atoms with E-state index < -0.39 is 5.60 Å². The highest BCUT2D eigenvalue weighted by Crippen LogP contribution is 2.18. The summed E-state index contributed by atoms with van der Waals surface area (Å²) in [6.45, 7) is 1.57. The van der Waals surface area contributed by atoms with Crippen LogP contribution in [0.4, 0.5) is 0 Å². The first-order chi connectivity index (χ1) is 5.77. The fourth-order valence-electron chi connectivity index (χ4n) is 1.11. The fraction of sp³-hybridized carbons (Fsp3) is 0.778. The van der Waals surface area contributed by atoms with E-state index >= 15 is 0 Å². The number of aliphatic hydroxyl groups is 1. The van der Waals surface area contributed by atoms with Crippen molar-refractivity contribution >= 4 is 0 Å². The smallest absolute Gasteiger partial charge is 0.129 e. The molecule has 1 aliphatic rings. The summed E-state index contributed by atoms with van der Waals surface area (Å²) in [5.74, 6) is 5.57. The molecular weight excluding hydrogens is 156 g/mol. The number of ether oxygens (including phenoxy) is 2. The lowest BCUT2D eigenvalue weighted by molar-refractivity contribution is -0.0263. The van der Waals surface area contributed by atoms with Crippen LogP contribution in [0.1, 0.15) is 12.8 Å². The molecule has 1 rings (SSSR count). The second kappa shape index (κ2) is 4.46. The second-order valence-corrected chi connectivity index (χ2v) is 2.88. The maximum atomic E-state index is 9.79. The summed E-state index contributed by atoms with van der Waals surface area (Å²) in [7, 11) is 1.59. The summed E-state index contributed by atoms with van der Waals surface area (Å²) in [6, 6.07) is 0. The third-order valence-electron chi connectivity index (χ3n) is 1.86. The molecule has 3 heteroatoms. The number of methoxy groups -OCH3 is 1. The van der Waals surface area contributed by atoms with Crippen LogP contribution < -0.4 is 0 Å². The zero-order valence-electron chi connectivity index (χ0n) is 7.30. The molecule has 0 bridgehead atoms. The third-order valence-corrected chi connectivity index (χ3v) is 1.86. The quantitative estimate of drug-likeness (QED) is 0.570.